The number of ether oxygens (including phenoxy) is 1. The lowest BCUT2D eigenvalue weighted by Gasteiger charge is -2.23. The average Bonchev–Trinajstić information content (AvgIpc) is 4.08. The van der Waals surface area contributed by atoms with Gasteiger partial charge < -0.3 is 33.8 Å². The maximum Gasteiger partial charge on any atom is 0.323 e. The number of benzene rings is 3. The summed E-state index contributed by atoms with van der Waals surface area (Å²) in [5.41, 5.74) is 4.84. The number of hydrogen-bond donors (Lipinski definition) is 3. The lowest BCUT2D eigenvalue weighted by molar-refractivity contribution is -0.145. The Morgan fingerprint density at radius 2 is 1.57 bits per heavy atom. The second kappa shape index (κ2) is 38.8. The molecule has 0 aliphatic carbocycles. The van der Waals surface area contributed by atoms with Gasteiger partial charge in [-0.15, -0.1) is 0 Å². The molecule has 1 aromatic heterocycles. The smallest absolute Gasteiger partial charge is 0.323 e. The zero-order valence-electron chi connectivity index (χ0n) is 43.0. The van der Waals surface area contributed by atoms with E-state index in [-0.39, 0.29) is 6.16 Å². The van der Waals surface area contributed by atoms with Crippen LogP contribution in [0.25, 0.3) is 10.1 Å². The van der Waals surface area contributed by atoms with Gasteiger partial charge in [0.25, 0.3) is 0 Å². The van der Waals surface area contributed by atoms with Gasteiger partial charge in [0.15, 0.2) is 0 Å². The molecule has 1 amide bonds. The second-order valence-electron chi connectivity index (χ2n) is 15.8. The van der Waals surface area contributed by atoms with Crippen LogP contribution in [0, 0.1) is 5.92 Å². The van der Waals surface area contributed by atoms with Crippen molar-refractivity contribution in [2.45, 2.75) is 144 Å². The first kappa shape index (κ1) is 62.9. The topological polar surface area (TPSA) is 147 Å². The number of carbonyl (C=O) groups is 3. The lowest BCUT2D eigenvalue weighted by atomic mass is 9.90. The number of para-hydroxylation sites is 1. The molecule has 3 N–H and O–H groups in total. The van der Waals surface area contributed by atoms with Crippen molar-refractivity contribution in [2.75, 3.05) is 47.4 Å². The van der Waals surface area contributed by atoms with Crippen LogP contribution in [0.4, 0.5) is 0 Å². The van der Waals surface area contributed by atoms with E-state index in [1.165, 1.54) is 62.0 Å². The molecule has 0 bridgehead atoms. The number of aldehydes is 1. The number of fused-ring (bicyclic) bond motifs is 1. The highest BCUT2D eigenvalue weighted by molar-refractivity contribution is 7.56. The lowest BCUT2D eigenvalue weighted by Crippen LogP contribution is -2.35. The molecule has 14 heteroatoms. The molecule has 2 aliphatic rings. The molecule has 67 heavy (non-hydrogen) atoms. The summed E-state index contributed by atoms with van der Waals surface area (Å²) in [5.74, 6) is 1.10. The third-order valence-corrected chi connectivity index (χ3v) is 13.5. The van der Waals surface area contributed by atoms with Crippen molar-refractivity contribution in [2.24, 2.45) is 5.92 Å². The Balaban J connectivity index is 0.00000100. The van der Waals surface area contributed by atoms with Crippen LogP contribution >= 0.6 is 18.9 Å². The van der Waals surface area contributed by atoms with E-state index in [2.05, 4.69) is 67.6 Å². The first-order valence-electron chi connectivity index (χ1n) is 24.5. The Morgan fingerprint density at radius 3 is 2.12 bits per heavy atom. The van der Waals surface area contributed by atoms with Crippen molar-refractivity contribution in [3.8, 4) is 10.8 Å². The van der Waals surface area contributed by atoms with Gasteiger partial charge in [-0.2, -0.15) is 5.48 Å². The van der Waals surface area contributed by atoms with Crippen LogP contribution < -0.4 is 19.9 Å². The number of nitrogens with zero attached hydrogens (tertiary/aromatic N) is 2. The summed E-state index contributed by atoms with van der Waals surface area (Å²) in [5, 5.41) is 11.6. The number of thiophene rings is 1. The van der Waals surface area contributed by atoms with Crippen molar-refractivity contribution in [1.82, 2.24) is 20.4 Å². The number of unbranched alkanes of at least 4 members (excludes halogenated alkanes) is 3. The molecule has 5 atom stereocenters. The van der Waals surface area contributed by atoms with E-state index >= 15 is 0 Å². The van der Waals surface area contributed by atoms with Crippen molar-refractivity contribution in [1.29, 1.82) is 0 Å². The molecule has 12 nitrogen and oxygen atoms in total. The van der Waals surface area contributed by atoms with Crippen LogP contribution in [-0.4, -0.2) is 93.1 Å². The maximum atomic E-state index is 13.8. The number of hydrogen-bond acceptors (Lipinski definition) is 11. The fraction of sp³-hybridized carbons (Fsp3) is 0.566. The summed E-state index contributed by atoms with van der Waals surface area (Å²) in [7, 11) is 1.44. The van der Waals surface area contributed by atoms with Gasteiger partial charge in [-0.25, -0.2) is 5.09 Å². The Morgan fingerprint density at radius 1 is 0.925 bits per heavy atom. The molecule has 0 radical (unpaired) electrons. The molecule has 3 heterocycles. The SMILES string of the molecule is CC.CC.CCC.CCCOC(=O)C(C)NP(=O)(Cc1ccc2sc(ONC)cc2c1)Oc1ccccc1.CN1CCC[C@@H]1CCCCCC=O.CO.C[C@H]1CN(C=O)CC1c1ccccc1. The van der Waals surface area contributed by atoms with E-state index in [9.17, 15) is 18.9 Å². The van der Waals surface area contributed by atoms with Gasteiger partial charge in [-0.1, -0.05) is 141 Å². The first-order valence-corrected chi connectivity index (χ1v) is 27.1. The molecule has 0 spiro atoms. The fourth-order valence-electron chi connectivity index (χ4n) is 7.34. The van der Waals surface area contributed by atoms with E-state index in [0.717, 1.165) is 78.9 Å². The largest absolute Gasteiger partial charge is 0.465 e. The van der Waals surface area contributed by atoms with Gasteiger partial charge >= 0.3 is 13.5 Å². The monoisotopic (exact) mass is 971 g/mol. The molecule has 2 aliphatic heterocycles. The summed E-state index contributed by atoms with van der Waals surface area (Å²) < 4.78 is 25.9. The first-order chi connectivity index (χ1) is 32.5. The number of likely N-dealkylation sites (tertiary alicyclic amines) is 2. The van der Waals surface area contributed by atoms with Crippen LogP contribution in [0.1, 0.15) is 137 Å². The van der Waals surface area contributed by atoms with Crippen molar-refractivity contribution in [3.05, 3.63) is 96.1 Å². The van der Waals surface area contributed by atoms with Gasteiger partial charge in [-0.05, 0) is 99.3 Å². The van der Waals surface area contributed by atoms with E-state index in [1.807, 2.05) is 75.9 Å². The second-order valence-corrected chi connectivity index (χ2v) is 19.0. The number of carbonyl (C=O) groups excluding carboxylic acids is 3. The molecular weight excluding hydrogens is 884 g/mol. The Bertz CT molecular complexity index is 1890. The quantitative estimate of drug-likeness (QED) is 0.0271. The van der Waals surface area contributed by atoms with Crippen LogP contribution in [0.15, 0.2) is 84.9 Å². The predicted molar refractivity (Wildman–Crippen MR) is 281 cm³/mol. The number of hydroxylamine groups is 1. The predicted octanol–water partition coefficient (Wildman–Crippen LogP) is 12.3. The Labute approximate surface area is 409 Å². The molecule has 0 saturated carbocycles. The third-order valence-electron chi connectivity index (χ3n) is 10.4. The van der Waals surface area contributed by atoms with Gasteiger partial charge in [0.2, 0.25) is 11.5 Å². The minimum atomic E-state index is -3.48. The van der Waals surface area contributed by atoms with Crippen molar-refractivity contribution in [3.63, 3.8) is 0 Å². The minimum absolute atomic E-state index is 0.112. The van der Waals surface area contributed by atoms with Gasteiger partial charge in [0.05, 0.1) is 12.8 Å². The number of rotatable bonds is 19. The number of aliphatic hydroxyl groups excluding tert-OH is 1. The van der Waals surface area contributed by atoms with E-state index in [4.69, 9.17) is 19.2 Å². The summed E-state index contributed by atoms with van der Waals surface area (Å²) >= 11 is 1.51. The zero-order chi connectivity index (χ0) is 50.5. The van der Waals surface area contributed by atoms with E-state index in [0.29, 0.717) is 24.2 Å². The fourth-order valence-corrected chi connectivity index (χ4v) is 10.3. The maximum absolute atomic E-state index is 13.8. The van der Waals surface area contributed by atoms with E-state index in [1.54, 1.807) is 38.2 Å². The Hall–Kier alpha value is -4.10. The number of esters is 1. The molecule has 3 unspecified atom stereocenters. The number of nitrogens with one attached hydrogen (secondary N) is 2. The average molecular weight is 971 g/mol. The number of aliphatic hydroxyl groups is 1. The molecule has 6 rings (SSSR count). The van der Waals surface area contributed by atoms with Crippen LogP contribution in [0.2, 0.25) is 0 Å². The van der Waals surface area contributed by atoms with Crippen LogP contribution in [-0.2, 0) is 29.8 Å². The summed E-state index contributed by atoms with van der Waals surface area (Å²) in [6, 6.07) is 27.2. The van der Waals surface area contributed by atoms with Crippen molar-refractivity contribution >= 4 is 47.6 Å². The van der Waals surface area contributed by atoms with Crippen molar-refractivity contribution < 1.29 is 38.2 Å². The van der Waals surface area contributed by atoms with Crippen LogP contribution in [0.5, 0.6) is 10.8 Å². The molecular formula is C53H87N4O8PS. The van der Waals surface area contributed by atoms with Gasteiger partial charge in [0.1, 0.15) is 18.1 Å². The third kappa shape index (κ3) is 25.2. The molecule has 2 saturated heterocycles. The van der Waals surface area contributed by atoms with Gasteiger partial charge in [-0.3, -0.25) is 14.2 Å². The summed E-state index contributed by atoms with van der Waals surface area (Å²) in [6.45, 7) is 21.4. The summed E-state index contributed by atoms with van der Waals surface area (Å²) in [6.07, 6.45) is 12.5. The van der Waals surface area contributed by atoms with Crippen LogP contribution in [0.3, 0.4) is 0 Å². The minimum Gasteiger partial charge on any atom is -0.465 e. The Kier molecular flexibility index (Phi) is 36.4. The number of amides is 1. The zero-order valence-corrected chi connectivity index (χ0v) is 44.7. The summed E-state index contributed by atoms with van der Waals surface area (Å²) in [4.78, 5) is 42.6. The highest BCUT2D eigenvalue weighted by Crippen LogP contribution is 2.47. The molecule has 3 aromatic carbocycles. The van der Waals surface area contributed by atoms with Gasteiger partial charge in [0, 0.05) is 56.4 Å². The molecule has 4 aromatic rings. The molecule has 378 valence electrons. The normalized spacial score (nSPS) is 17.1. The standard InChI is InChI=1S/C22H27N2O5PS.C12H15NO.C11H21NO.C3H8.2C2H6.CH4O/c1-4-12-27-22(25)16(2)24-30(26,29-19-8-6-5-7-9-19)15-17-10-11-20-18(13-17)14-21(31-20)28-23-3;1-10-7-13(9-14)8-12(10)11-5-3-2-4-6-11;1-12-9-6-8-11(12)7-4-2-3-5-10-13;1-3-2;3*1-2/h5-11,13-14,16,23H,4,12,15H2,1-3H3,(H,24,26);2-6,9-10,12H,7-8H2,1H3;10-11H,2-9H2,1H3;3H2,1-2H3;2*1-2H3;2H,1H3/t;10-,12?;11-;;;;/m.00..../s1. The van der Waals surface area contributed by atoms with E-state index < -0.39 is 19.5 Å². The molecule has 2 fully saturated rings. The highest BCUT2D eigenvalue weighted by Gasteiger charge is 2.31. The highest BCUT2D eigenvalue weighted by atomic mass is 32.1.